The van der Waals surface area contributed by atoms with Gasteiger partial charge in [-0.1, -0.05) is 11.6 Å². The molecule has 4 heteroatoms. The molecule has 2 rings (SSSR count). The maximum atomic E-state index is 11.0. The van der Waals surface area contributed by atoms with Gasteiger partial charge in [-0.15, -0.1) is 0 Å². The van der Waals surface area contributed by atoms with Crippen LogP contribution in [0.15, 0.2) is 6.20 Å². The Morgan fingerprint density at radius 2 is 2.36 bits per heavy atom. The van der Waals surface area contributed by atoms with Gasteiger partial charge < -0.3 is 4.57 Å². The molecule has 0 saturated carbocycles. The number of hydrogen-bond acceptors (Lipinski definition) is 2. The van der Waals surface area contributed by atoms with Crippen molar-refractivity contribution in [1.29, 1.82) is 0 Å². The van der Waals surface area contributed by atoms with Crippen LogP contribution in [0.1, 0.15) is 12.2 Å². The molecule has 0 aliphatic carbocycles. The molecule has 1 aromatic heterocycles. The highest BCUT2D eigenvalue weighted by atomic mass is 35.5. The molecule has 1 aliphatic heterocycles. The topological polar surface area (TPSA) is 34.9 Å². The Hall–Kier alpha value is -0.830. The number of aryl methyl sites for hydroxylation is 1. The van der Waals surface area contributed by atoms with Gasteiger partial charge in [-0.3, -0.25) is 4.79 Å². The highest BCUT2D eigenvalue weighted by molar-refractivity contribution is 6.29. The zero-order valence-corrected chi connectivity index (χ0v) is 6.64. The number of imidazole rings is 1. The molecule has 0 aromatic carbocycles. The second-order valence-corrected chi connectivity index (χ2v) is 3.01. The van der Waals surface area contributed by atoms with E-state index in [-0.39, 0.29) is 5.78 Å². The Kier molecular flexibility index (Phi) is 1.46. The number of halogens is 1. The third-order valence-corrected chi connectivity index (χ3v) is 2.15. The first-order valence-corrected chi connectivity index (χ1v) is 3.87. The van der Waals surface area contributed by atoms with E-state index in [1.165, 1.54) is 0 Å². The van der Waals surface area contributed by atoms with Gasteiger partial charge in [0, 0.05) is 12.8 Å². The quantitative estimate of drug-likeness (QED) is 0.584. The fourth-order valence-corrected chi connectivity index (χ4v) is 1.47. The third-order valence-electron chi connectivity index (χ3n) is 1.85. The standard InChI is InChI=1S/C7H7ClN2O/c8-6-3-9-7-2-1-5(11)4-10(6)7/h3H,1-2,4H2. The molecule has 0 bridgehead atoms. The molecule has 3 nitrogen and oxygen atoms in total. The molecule has 1 aliphatic rings. The molecule has 1 aromatic rings. The highest BCUT2D eigenvalue weighted by Gasteiger charge is 2.17. The Labute approximate surface area is 69.0 Å². The molecule has 58 valence electrons. The van der Waals surface area contributed by atoms with Crippen molar-refractivity contribution in [3.05, 3.63) is 17.2 Å². The normalized spacial score (nSPS) is 16.6. The predicted octanol–water partition coefficient (Wildman–Crippen LogP) is 1.05. The van der Waals surface area contributed by atoms with Crippen molar-refractivity contribution in [3.63, 3.8) is 0 Å². The highest BCUT2D eigenvalue weighted by Crippen LogP contribution is 2.17. The molecule has 0 unspecified atom stereocenters. The van der Waals surface area contributed by atoms with Crippen LogP contribution in [0, 0.1) is 0 Å². The van der Waals surface area contributed by atoms with Crippen molar-refractivity contribution in [3.8, 4) is 0 Å². The molecule has 0 saturated heterocycles. The minimum absolute atomic E-state index is 0.234. The number of carbonyl (C=O) groups is 1. The molecular weight excluding hydrogens is 164 g/mol. The van der Waals surface area contributed by atoms with Crippen LogP contribution in [0.5, 0.6) is 0 Å². The first-order valence-electron chi connectivity index (χ1n) is 3.49. The molecule has 0 spiro atoms. The molecule has 0 amide bonds. The summed E-state index contributed by atoms with van der Waals surface area (Å²) in [7, 11) is 0. The largest absolute Gasteiger partial charge is 0.312 e. The summed E-state index contributed by atoms with van der Waals surface area (Å²) in [6.45, 7) is 0.397. The summed E-state index contributed by atoms with van der Waals surface area (Å²) in [6.07, 6.45) is 2.92. The van der Waals surface area contributed by atoms with Crippen molar-refractivity contribution < 1.29 is 4.79 Å². The Bertz CT molecular complexity index is 305. The summed E-state index contributed by atoms with van der Waals surface area (Å²) in [5.41, 5.74) is 0. The van der Waals surface area contributed by atoms with E-state index in [1.54, 1.807) is 10.8 Å². The van der Waals surface area contributed by atoms with Gasteiger partial charge in [-0.25, -0.2) is 4.98 Å². The predicted molar refractivity (Wildman–Crippen MR) is 40.6 cm³/mol. The van der Waals surface area contributed by atoms with E-state index in [1.807, 2.05) is 0 Å². The number of hydrogen-bond donors (Lipinski definition) is 0. The van der Waals surface area contributed by atoms with Crippen LogP contribution >= 0.6 is 11.6 Å². The van der Waals surface area contributed by atoms with Crippen LogP contribution in [0.4, 0.5) is 0 Å². The van der Waals surface area contributed by atoms with E-state index in [2.05, 4.69) is 4.98 Å². The maximum absolute atomic E-state index is 11.0. The van der Waals surface area contributed by atoms with Crippen LogP contribution in [0.25, 0.3) is 0 Å². The van der Waals surface area contributed by atoms with Gasteiger partial charge in [-0.2, -0.15) is 0 Å². The lowest BCUT2D eigenvalue weighted by Gasteiger charge is -2.12. The molecule has 2 heterocycles. The maximum Gasteiger partial charge on any atom is 0.153 e. The van der Waals surface area contributed by atoms with E-state index in [0.29, 0.717) is 18.1 Å². The Morgan fingerprint density at radius 1 is 1.55 bits per heavy atom. The monoisotopic (exact) mass is 170 g/mol. The third kappa shape index (κ3) is 1.05. The fraction of sp³-hybridized carbons (Fsp3) is 0.429. The van der Waals surface area contributed by atoms with Crippen LogP contribution in [0.2, 0.25) is 5.15 Å². The summed E-state index contributed by atoms with van der Waals surface area (Å²) in [5.74, 6) is 1.16. The summed E-state index contributed by atoms with van der Waals surface area (Å²) in [5, 5.41) is 0.563. The second-order valence-electron chi connectivity index (χ2n) is 2.62. The lowest BCUT2D eigenvalue weighted by Crippen LogP contribution is -2.19. The summed E-state index contributed by atoms with van der Waals surface area (Å²) in [6, 6.07) is 0. The van der Waals surface area contributed by atoms with Gasteiger partial charge in [0.1, 0.15) is 11.0 Å². The number of fused-ring (bicyclic) bond motifs is 1. The number of rotatable bonds is 0. The van der Waals surface area contributed by atoms with E-state index < -0.39 is 0 Å². The van der Waals surface area contributed by atoms with Gasteiger partial charge in [0.05, 0.1) is 12.7 Å². The van der Waals surface area contributed by atoms with Gasteiger partial charge in [0.25, 0.3) is 0 Å². The first-order chi connectivity index (χ1) is 5.27. The average Bonchev–Trinajstić information content (AvgIpc) is 2.33. The number of ketones is 1. The van der Waals surface area contributed by atoms with Gasteiger partial charge in [0.2, 0.25) is 0 Å². The summed E-state index contributed by atoms with van der Waals surface area (Å²) in [4.78, 5) is 15.0. The number of Topliss-reactive ketones (excluding diaryl/α,β-unsaturated/α-hetero) is 1. The molecule has 0 radical (unpaired) electrons. The van der Waals surface area contributed by atoms with Crippen molar-refractivity contribution in [2.45, 2.75) is 19.4 Å². The first kappa shape index (κ1) is 6.85. The fourth-order valence-electron chi connectivity index (χ4n) is 1.26. The molecule has 0 atom stereocenters. The molecular formula is C7H7ClN2O. The van der Waals surface area contributed by atoms with Gasteiger partial charge in [0.15, 0.2) is 5.78 Å². The van der Waals surface area contributed by atoms with Crippen LogP contribution in [0.3, 0.4) is 0 Å². The lowest BCUT2D eigenvalue weighted by atomic mass is 10.1. The van der Waals surface area contributed by atoms with Gasteiger partial charge in [-0.05, 0) is 0 Å². The van der Waals surface area contributed by atoms with E-state index in [9.17, 15) is 4.79 Å². The van der Waals surface area contributed by atoms with Crippen LogP contribution < -0.4 is 0 Å². The minimum atomic E-state index is 0.234. The summed E-state index contributed by atoms with van der Waals surface area (Å²) < 4.78 is 1.76. The van der Waals surface area contributed by atoms with Crippen LogP contribution in [-0.2, 0) is 17.8 Å². The second kappa shape index (κ2) is 2.34. The molecule has 0 N–H and O–H groups in total. The van der Waals surface area contributed by atoms with Crippen molar-refractivity contribution in [2.24, 2.45) is 0 Å². The number of aromatic nitrogens is 2. The average molecular weight is 171 g/mol. The lowest BCUT2D eigenvalue weighted by molar-refractivity contribution is -0.120. The van der Waals surface area contributed by atoms with E-state index >= 15 is 0 Å². The van der Waals surface area contributed by atoms with E-state index in [0.717, 1.165) is 12.2 Å². The Morgan fingerprint density at radius 3 is 3.18 bits per heavy atom. The van der Waals surface area contributed by atoms with Crippen LogP contribution in [-0.4, -0.2) is 15.3 Å². The molecule has 11 heavy (non-hydrogen) atoms. The Balaban J connectivity index is 2.45. The smallest absolute Gasteiger partial charge is 0.153 e. The van der Waals surface area contributed by atoms with Gasteiger partial charge >= 0.3 is 0 Å². The molecule has 0 fully saturated rings. The summed E-state index contributed by atoms with van der Waals surface area (Å²) >= 11 is 5.77. The van der Waals surface area contributed by atoms with E-state index in [4.69, 9.17) is 11.6 Å². The van der Waals surface area contributed by atoms with Crippen molar-refractivity contribution >= 4 is 17.4 Å². The number of carbonyl (C=O) groups excluding carboxylic acids is 1. The SMILES string of the molecule is O=C1CCc2ncc(Cl)n2C1. The zero-order valence-electron chi connectivity index (χ0n) is 5.88. The van der Waals surface area contributed by atoms with Crippen molar-refractivity contribution in [1.82, 2.24) is 9.55 Å². The zero-order chi connectivity index (χ0) is 7.84. The van der Waals surface area contributed by atoms with Crippen molar-refractivity contribution in [2.75, 3.05) is 0 Å². The minimum Gasteiger partial charge on any atom is -0.312 e. The number of nitrogens with zero attached hydrogens (tertiary/aromatic N) is 2.